The molecule has 0 unspecified atom stereocenters. The minimum atomic E-state index is 0.983. The first-order chi connectivity index (χ1) is 6.93. The molecule has 0 radical (unpaired) electrons. The molecule has 0 saturated carbocycles. The summed E-state index contributed by atoms with van der Waals surface area (Å²) in [5.41, 5.74) is 0. The Hall–Kier alpha value is 0.520. The molecular formula is C4N4S6. The number of hydrogen-bond acceptors (Lipinski definition) is 10. The topological polar surface area (TPSA) is 51.6 Å². The highest BCUT2D eigenvalue weighted by Crippen LogP contribution is 2.51. The van der Waals surface area contributed by atoms with E-state index in [-0.39, 0.29) is 0 Å². The monoisotopic (exact) mass is 296 g/mol. The Morgan fingerprint density at radius 2 is 0.786 bits per heavy atom. The Labute approximate surface area is 103 Å². The summed E-state index contributed by atoms with van der Waals surface area (Å²) in [7, 11) is 6.40. The molecule has 0 N–H and O–H groups in total. The molecule has 1 aliphatic heterocycles. The van der Waals surface area contributed by atoms with Crippen molar-refractivity contribution in [2.75, 3.05) is 0 Å². The molecule has 72 valence electrons. The zero-order chi connectivity index (χ0) is 9.38. The van der Waals surface area contributed by atoms with Crippen LogP contribution in [0.4, 0.5) is 0 Å². The van der Waals surface area contributed by atoms with Gasteiger partial charge in [0.2, 0.25) is 0 Å². The smallest absolute Gasteiger partial charge is 0.156 e. The standard InChI is InChI=1S/C4N4S6/c5-1-2(6-13-5)10-12-4-3(11-9-1)7-14-8-4. The van der Waals surface area contributed by atoms with Crippen LogP contribution in [0, 0.1) is 0 Å². The third-order valence-corrected chi connectivity index (χ3v) is 7.37. The van der Waals surface area contributed by atoms with E-state index >= 15 is 0 Å². The summed E-state index contributed by atoms with van der Waals surface area (Å²) in [6, 6.07) is 0. The molecule has 0 bridgehead atoms. The second-order valence-electron chi connectivity index (χ2n) is 2.08. The van der Waals surface area contributed by atoms with Crippen LogP contribution in [-0.2, 0) is 0 Å². The normalized spacial score (nSPS) is 15.4. The van der Waals surface area contributed by atoms with Gasteiger partial charge >= 0.3 is 0 Å². The highest BCUT2D eigenvalue weighted by atomic mass is 33.1. The van der Waals surface area contributed by atoms with E-state index < -0.39 is 0 Å². The molecule has 2 aromatic heterocycles. The maximum absolute atomic E-state index is 4.21. The van der Waals surface area contributed by atoms with Gasteiger partial charge in [0.15, 0.2) is 20.1 Å². The van der Waals surface area contributed by atoms with Crippen molar-refractivity contribution >= 4 is 66.6 Å². The van der Waals surface area contributed by atoms with Gasteiger partial charge in [0.1, 0.15) is 0 Å². The molecule has 10 heteroatoms. The van der Waals surface area contributed by atoms with Gasteiger partial charge in [0, 0.05) is 0 Å². The first kappa shape index (κ1) is 9.73. The summed E-state index contributed by atoms with van der Waals surface area (Å²) in [6.07, 6.45) is 0. The summed E-state index contributed by atoms with van der Waals surface area (Å²) >= 11 is 2.50. The predicted molar refractivity (Wildman–Crippen MR) is 63.2 cm³/mol. The van der Waals surface area contributed by atoms with Crippen LogP contribution >= 0.6 is 66.6 Å². The molecule has 0 aromatic carbocycles. The minimum absolute atomic E-state index is 0.983. The third kappa shape index (κ3) is 1.78. The third-order valence-electron chi connectivity index (χ3n) is 1.26. The summed E-state index contributed by atoms with van der Waals surface area (Å²) in [4.78, 5) is 0. The van der Waals surface area contributed by atoms with E-state index in [1.165, 1.54) is 23.5 Å². The van der Waals surface area contributed by atoms with Crippen LogP contribution in [0.25, 0.3) is 0 Å². The Bertz CT molecular complexity index is 371. The van der Waals surface area contributed by atoms with Crippen molar-refractivity contribution in [3.8, 4) is 0 Å². The highest BCUT2D eigenvalue weighted by molar-refractivity contribution is 8.79. The van der Waals surface area contributed by atoms with E-state index in [0.717, 1.165) is 20.1 Å². The number of hydrogen-bond donors (Lipinski definition) is 0. The molecule has 3 rings (SSSR count). The molecular weight excluding hydrogens is 296 g/mol. The van der Waals surface area contributed by atoms with E-state index in [1.54, 1.807) is 43.2 Å². The fourth-order valence-corrected chi connectivity index (χ4v) is 7.46. The zero-order valence-electron chi connectivity index (χ0n) is 6.24. The van der Waals surface area contributed by atoms with Gasteiger partial charge in [0.25, 0.3) is 0 Å². The molecule has 3 heterocycles. The number of rotatable bonds is 0. The average Bonchev–Trinajstić information content (AvgIpc) is 2.75. The second kappa shape index (κ2) is 4.18. The summed E-state index contributed by atoms with van der Waals surface area (Å²) in [6.45, 7) is 0. The minimum Gasteiger partial charge on any atom is -0.164 e. The lowest BCUT2D eigenvalue weighted by Gasteiger charge is -2.02. The molecule has 0 spiro atoms. The fourth-order valence-electron chi connectivity index (χ4n) is 0.707. The number of fused-ring (bicyclic) bond motifs is 2. The molecule has 0 atom stereocenters. The average molecular weight is 296 g/mol. The van der Waals surface area contributed by atoms with Gasteiger partial charge in [-0.1, -0.05) is 0 Å². The van der Waals surface area contributed by atoms with E-state index in [2.05, 4.69) is 17.5 Å². The molecule has 0 amide bonds. The SMILES string of the molecule is n1snc2c1SSc1nsnc1SS2. The zero-order valence-corrected chi connectivity index (χ0v) is 11.1. The van der Waals surface area contributed by atoms with Crippen LogP contribution in [-0.4, -0.2) is 17.5 Å². The molecule has 1 aliphatic rings. The predicted octanol–water partition coefficient (Wildman–Crippen LogP) is 3.30. The first-order valence-corrected chi connectivity index (χ1v) is 9.03. The maximum atomic E-state index is 4.21. The lowest BCUT2D eigenvalue weighted by molar-refractivity contribution is 1.08. The Kier molecular flexibility index (Phi) is 2.90. The Balaban J connectivity index is 1.96. The molecule has 0 fully saturated rings. The lowest BCUT2D eigenvalue weighted by atomic mass is 10.9. The van der Waals surface area contributed by atoms with Crippen molar-refractivity contribution in [3.63, 3.8) is 0 Å². The largest absolute Gasteiger partial charge is 0.164 e. The van der Waals surface area contributed by atoms with E-state index in [4.69, 9.17) is 0 Å². The van der Waals surface area contributed by atoms with Gasteiger partial charge in [-0.2, -0.15) is 17.5 Å². The van der Waals surface area contributed by atoms with Crippen molar-refractivity contribution < 1.29 is 0 Å². The molecule has 0 aliphatic carbocycles. The van der Waals surface area contributed by atoms with E-state index in [0.29, 0.717) is 0 Å². The highest BCUT2D eigenvalue weighted by Gasteiger charge is 2.19. The van der Waals surface area contributed by atoms with Crippen LogP contribution in [0.5, 0.6) is 0 Å². The van der Waals surface area contributed by atoms with E-state index in [1.807, 2.05) is 0 Å². The van der Waals surface area contributed by atoms with Crippen molar-refractivity contribution in [2.24, 2.45) is 0 Å². The Morgan fingerprint density at radius 3 is 1.07 bits per heavy atom. The van der Waals surface area contributed by atoms with Gasteiger partial charge in [-0.3, -0.25) is 0 Å². The van der Waals surface area contributed by atoms with Gasteiger partial charge in [0.05, 0.1) is 23.5 Å². The van der Waals surface area contributed by atoms with Crippen molar-refractivity contribution in [2.45, 2.75) is 20.1 Å². The van der Waals surface area contributed by atoms with E-state index in [9.17, 15) is 0 Å². The van der Waals surface area contributed by atoms with Crippen LogP contribution in [0.1, 0.15) is 0 Å². The quantitative estimate of drug-likeness (QED) is 0.686. The second-order valence-corrected chi connectivity index (χ2v) is 7.35. The van der Waals surface area contributed by atoms with Crippen LogP contribution in [0.15, 0.2) is 20.1 Å². The van der Waals surface area contributed by atoms with Crippen LogP contribution in [0.2, 0.25) is 0 Å². The van der Waals surface area contributed by atoms with Crippen molar-refractivity contribution in [1.29, 1.82) is 0 Å². The van der Waals surface area contributed by atoms with Gasteiger partial charge in [-0.25, -0.2) is 0 Å². The van der Waals surface area contributed by atoms with Crippen molar-refractivity contribution in [1.82, 2.24) is 17.5 Å². The van der Waals surface area contributed by atoms with Crippen molar-refractivity contribution in [3.05, 3.63) is 0 Å². The van der Waals surface area contributed by atoms with Crippen LogP contribution < -0.4 is 0 Å². The number of nitrogens with zero attached hydrogens (tertiary/aromatic N) is 4. The Morgan fingerprint density at radius 1 is 0.500 bits per heavy atom. The molecule has 4 nitrogen and oxygen atoms in total. The van der Waals surface area contributed by atoms with Gasteiger partial charge < -0.3 is 0 Å². The molecule has 2 aromatic rings. The molecule has 14 heavy (non-hydrogen) atoms. The molecule has 0 saturated heterocycles. The van der Waals surface area contributed by atoms with Gasteiger partial charge in [-0.15, -0.1) is 0 Å². The lowest BCUT2D eigenvalue weighted by Crippen LogP contribution is -1.78. The van der Waals surface area contributed by atoms with Crippen LogP contribution in [0.3, 0.4) is 0 Å². The fraction of sp³-hybridized carbons (Fsp3) is 0. The summed E-state index contributed by atoms with van der Waals surface area (Å²) in [5.74, 6) is 0. The van der Waals surface area contributed by atoms with Gasteiger partial charge in [-0.05, 0) is 43.2 Å². The number of aromatic nitrogens is 4. The summed E-state index contributed by atoms with van der Waals surface area (Å²) < 4.78 is 16.8. The maximum Gasteiger partial charge on any atom is 0.156 e. The first-order valence-electron chi connectivity index (χ1n) is 3.27. The summed E-state index contributed by atoms with van der Waals surface area (Å²) in [5, 5.41) is 3.93.